The number of benzene rings is 1. The molecular formula is C21H25ClN4O3. The van der Waals surface area contributed by atoms with Crippen molar-refractivity contribution in [2.75, 3.05) is 25.6 Å². The minimum atomic E-state index is -0.398. The predicted molar refractivity (Wildman–Crippen MR) is 112 cm³/mol. The number of nitrogens with zero attached hydrogens (tertiary/aromatic N) is 3. The van der Waals surface area contributed by atoms with Gasteiger partial charge in [-0.25, -0.2) is 9.59 Å². The lowest BCUT2D eigenvalue weighted by Crippen LogP contribution is -2.51. The molecule has 0 bridgehead atoms. The van der Waals surface area contributed by atoms with Crippen molar-refractivity contribution < 1.29 is 14.3 Å². The molecule has 1 aromatic heterocycles. The summed E-state index contributed by atoms with van der Waals surface area (Å²) in [7, 11) is 3.38. The molecule has 1 aliphatic carbocycles. The topological polar surface area (TPSA) is 74.8 Å². The van der Waals surface area contributed by atoms with Crippen molar-refractivity contribution in [1.29, 1.82) is 0 Å². The zero-order valence-electron chi connectivity index (χ0n) is 16.7. The lowest BCUT2D eigenvalue weighted by Gasteiger charge is -2.42. The summed E-state index contributed by atoms with van der Waals surface area (Å²) in [6.45, 7) is 0.953. The number of nitrogens with one attached hydrogen (secondary N) is 1. The van der Waals surface area contributed by atoms with Crippen LogP contribution in [0.3, 0.4) is 0 Å². The van der Waals surface area contributed by atoms with E-state index in [2.05, 4.69) is 10.3 Å². The summed E-state index contributed by atoms with van der Waals surface area (Å²) in [5.41, 5.74) is 2.81. The number of alkyl carbamates (subject to hydrolysis) is 1. The molecule has 4 rings (SSSR count). The number of hydrogen-bond acceptors (Lipinski definition) is 4. The molecule has 0 spiro atoms. The molecule has 1 saturated carbocycles. The van der Waals surface area contributed by atoms with Gasteiger partial charge in [-0.2, -0.15) is 0 Å². The predicted octanol–water partition coefficient (Wildman–Crippen LogP) is 4.17. The largest absolute Gasteiger partial charge is 0.449 e. The first-order valence-corrected chi connectivity index (χ1v) is 10.3. The van der Waals surface area contributed by atoms with Crippen LogP contribution in [0.2, 0.25) is 5.02 Å². The van der Waals surface area contributed by atoms with Crippen LogP contribution in [0.5, 0.6) is 0 Å². The van der Waals surface area contributed by atoms with Crippen molar-refractivity contribution in [1.82, 2.24) is 15.2 Å². The van der Waals surface area contributed by atoms with E-state index < -0.39 is 6.09 Å². The highest BCUT2D eigenvalue weighted by Crippen LogP contribution is 2.40. The molecule has 1 aromatic carbocycles. The van der Waals surface area contributed by atoms with Crippen LogP contribution in [0.4, 0.5) is 15.3 Å². The van der Waals surface area contributed by atoms with E-state index in [-0.39, 0.29) is 12.1 Å². The zero-order chi connectivity index (χ0) is 20.5. The van der Waals surface area contributed by atoms with Crippen LogP contribution in [0.15, 0.2) is 24.4 Å². The Morgan fingerprint density at radius 3 is 2.79 bits per heavy atom. The standard InChI is InChI=1S/C21H25ClN4O3/c1-23-20(27)29-12-13-3-6-16(7-4-13)26-19-14(11-25(2)21(26)28)10-24-18-8-5-15(22)9-17(18)19/h5,8-10,13,16H,3-4,6-7,11-12H2,1-2H3,(H,23,27)/t13-,16-. The number of ether oxygens (including phenoxy) is 1. The quantitative estimate of drug-likeness (QED) is 0.814. The summed E-state index contributed by atoms with van der Waals surface area (Å²) in [6.07, 6.45) is 5.02. The smallest absolute Gasteiger partial charge is 0.406 e. The fraction of sp³-hybridized carbons (Fsp3) is 0.476. The molecule has 2 aromatic rings. The summed E-state index contributed by atoms with van der Waals surface area (Å²) in [6, 6.07) is 5.73. The van der Waals surface area contributed by atoms with Crippen LogP contribution in [-0.4, -0.2) is 48.8 Å². The molecule has 8 heteroatoms. The molecule has 154 valence electrons. The van der Waals surface area contributed by atoms with Crippen LogP contribution in [0.25, 0.3) is 10.9 Å². The van der Waals surface area contributed by atoms with Gasteiger partial charge in [0, 0.05) is 42.3 Å². The maximum Gasteiger partial charge on any atom is 0.406 e. The third kappa shape index (κ3) is 3.83. The van der Waals surface area contributed by atoms with E-state index in [0.717, 1.165) is 47.8 Å². The number of urea groups is 1. The van der Waals surface area contributed by atoms with E-state index >= 15 is 0 Å². The molecule has 3 amide bonds. The summed E-state index contributed by atoms with van der Waals surface area (Å²) >= 11 is 6.26. The number of amides is 3. The Balaban J connectivity index is 1.61. The van der Waals surface area contributed by atoms with Crippen LogP contribution >= 0.6 is 11.6 Å². The molecule has 7 nitrogen and oxygen atoms in total. The van der Waals surface area contributed by atoms with Gasteiger partial charge in [0.15, 0.2) is 0 Å². The summed E-state index contributed by atoms with van der Waals surface area (Å²) in [5.74, 6) is 0.323. The second kappa shape index (κ2) is 8.06. The highest BCUT2D eigenvalue weighted by atomic mass is 35.5. The minimum Gasteiger partial charge on any atom is -0.449 e. The average molecular weight is 417 g/mol. The van der Waals surface area contributed by atoms with E-state index in [1.54, 1.807) is 11.9 Å². The molecular weight excluding hydrogens is 392 g/mol. The molecule has 0 radical (unpaired) electrons. The molecule has 29 heavy (non-hydrogen) atoms. The third-order valence-corrected chi connectivity index (χ3v) is 6.13. The molecule has 2 heterocycles. The summed E-state index contributed by atoms with van der Waals surface area (Å²) in [4.78, 5) is 32.7. The van der Waals surface area contributed by atoms with Crippen LogP contribution in [0, 0.1) is 5.92 Å². The normalized spacial score (nSPS) is 21.8. The molecule has 0 saturated heterocycles. The van der Waals surface area contributed by atoms with E-state index in [0.29, 0.717) is 24.1 Å². The number of pyridine rings is 1. The van der Waals surface area contributed by atoms with Crippen molar-refractivity contribution in [3.8, 4) is 0 Å². The van der Waals surface area contributed by atoms with Gasteiger partial charge in [-0.05, 0) is 49.8 Å². The van der Waals surface area contributed by atoms with Gasteiger partial charge in [-0.1, -0.05) is 11.6 Å². The van der Waals surface area contributed by atoms with Crippen molar-refractivity contribution in [3.05, 3.63) is 35.0 Å². The fourth-order valence-electron chi connectivity index (χ4n) is 4.37. The van der Waals surface area contributed by atoms with Crippen LogP contribution in [0.1, 0.15) is 31.2 Å². The SMILES string of the molecule is CNC(=O)OC[C@H]1CC[C@H](N2C(=O)N(C)Cc3cnc4ccc(Cl)cc4c32)CC1. The Labute approximate surface area is 175 Å². The van der Waals surface area contributed by atoms with Crippen molar-refractivity contribution >= 4 is 40.3 Å². The Bertz CT molecular complexity index is 943. The van der Waals surface area contributed by atoms with Crippen LogP contribution in [-0.2, 0) is 11.3 Å². The maximum atomic E-state index is 13.2. The van der Waals surface area contributed by atoms with E-state index in [1.165, 1.54) is 0 Å². The first-order valence-electron chi connectivity index (χ1n) is 9.94. The summed E-state index contributed by atoms with van der Waals surface area (Å²) < 4.78 is 5.21. The van der Waals surface area contributed by atoms with Crippen LogP contribution < -0.4 is 10.2 Å². The van der Waals surface area contributed by atoms with E-state index in [4.69, 9.17) is 16.3 Å². The first kappa shape index (κ1) is 19.8. The lowest BCUT2D eigenvalue weighted by molar-refractivity contribution is 0.115. The molecule has 1 N–H and O–H groups in total. The van der Waals surface area contributed by atoms with Gasteiger partial charge in [0.25, 0.3) is 0 Å². The number of carbonyl (C=O) groups excluding carboxylic acids is 2. The minimum absolute atomic E-state index is 0.00929. The highest BCUT2D eigenvalue weighted by Gasteiger charge is 2.37. The molecule has 2 aliphatic rings. The van der Waals surface area contributed by atoms with Crippen molar-refractivity contribution in [2.45, 2.75) is 38.3 Å². The lowest BCUT2D eigenvalue weighted by atomic mass is 9.85. The van der Waals surface area contributed by atoms with E-state index in [1.807, 2.05) is 36.3 Å². The molecule has 1 aliphatic heterocycles. The number of aromatic nitrogens is 1. The zero-order valence-corrected chi connectivity index (χ0v) is 17.4. The Morgan fingerprint density at radius 1 is 1.31 bits per heavy atom. The molecule has 0 unspecified atom stereocenters. The number of rotatable bonds is 3. The first-order chi connectivity index (χ1) is 14.0. The Kier molecular flexibility index (Phi) is 5.50. The van der Waals surface area contributed by atoms with Gasteiger partial charge in [-0.3, -0.25) is 9.88 Å². The number of carbonyl (C=O) groups is 2. The van der Waals surface area contributed by atoms with Gasteiger partial charge in [0.2, 0.25) is 0 Å². The highest BCUT2D eigenvalue weighted by molar-refractivity contribution is 6.31. The summed E-state index contributed by atoms with van der Waals surface area (Å²) in [5, 5.41) is 4.02. The number of halogens is 1. The molecule has 0 atom stereocenters. The van der Waals surface area contributed by atoms with Gasteiger partial charge in [0.05, 0.1) is 24.4 Å². The Hall–Kier alpha value is -2.54. The second-order valence-corrected chi connectivity index (χ2v) is 8.26. The maximum absolute atomic E-state index is 13.2. The number of fused-ring (bicyclic) bond motifs is 3. The number of hydrogen-bond donors (Lipinski definition) is 1. The third-order valence-electron chi connectivity index (χ3n) is 5.89. The fourth-order valence-corrected chi connectivity index (χ4v) is 4.54. The van der Waals surface area contributed by atoms with Gasteiger partial charge in [-0.15, -0.1) is 0 Å². The van der Waals surface area contributed by atoms with E-state index in [9.17, 15) is 9.59 Å². The average Bonchev–Trinajstić information content (AvgIpc) is 2.73. The van der Waals surface area contributed by atoms with Crippen molar-refractivity contribution in [3.63, 3.8) is 0 Å². The second-order valence-electron chi connectivity index (χ2n) is 7.83. The van der Waals surface area contributed by atoms with Crippen molar-refractivity contribution in [2.24, 2.45) is 5.92 Å². The molecule has 1 fully saturated rings. The Morgan fingerprint density at radius 2 is 2.07 bits per heavy atom. The number of anilines is 1. The monoisotopic (exact) mass is 416 g/mol. The van der Waals surface area contributed by atoms with Gasteiger partial charge >= 0.3 is 12.1 Å². The van der Waals surface area contributed by atoms with Gasteiger partial charge < -0.3 is 15.0 Å². The van der Waals surface area contributed by atoms with Gasteiger partial charge in [0.1, 0.15) is 0 Å².